The number of methoxy groups -OCH3 is 2. The summed E-state index contributed by atoms with van der Waals surface area (Å²) in [5, 5.41) is 2.01. The second-order valence-electron chi connectivity index (χ2n) is 4.65. The first-order valence-corrected chi connectivity index (χ1v) is 7.49. The van der Waals surface area contributed by atoms with Crippen LogP contribution in [0.4, 0.5) is 0 Å². The molecule has 4 nitrogen and oxygen atoms in total. The van der Waals surface area contributed by atoms with Crippen LogP contribution in [0.25, 0.3) is 0 Å². The number of amides is 1. The van der Waals surface area contributed by atoms with Crippen molar-refractivity contribution < 1.29 is 14.3 Å². The van der Waals surface area contributed by atoms with E-state index in [1.807, 2.05) is 24.4 Å². The molecule has 0 saturated carbocycles. The summed E-state index contributed by atoms with van der Waals surface area (Å²) < 4.78 is 10.6. The molecule has 0 aliphatic rings. The molecule has 0 aliphatic heterocycles. The highest BCUT2D eigenvalue weighted by atomic mass is 32.1. The van der Waals surface area contributed by atoms with Gasteiger partial charge in [0.05, 0.1) is 25.8 Å². The minimum Gasteiger partial charge on any atom is -0.493 e. The van der Waals surface area contributed by atoms with Crippen LogP contribution in [0.5, 0.6) is 11.5 Å². The largest absolute Gasteiger partial charge is 0.493 e. The maximum Gasteiger partial charge on any atom is 0.258 e. The number of carbonyl (C=O) groups is 1. The Kier molecular flexibility index (Phi) is 4.85. The average molecular weight is 305 g/mol. The summed E-state index contributed by atoms with van der Waals surface area (Å²) in [4.78, 5) is 15.6. The first-order chi connectivity index (χ1) is 10.1. The Morgan fingerprint density at radius 1 is 1.19 bits per heavy atom. The molecule has 0 radical (unpaired) electrons. The van der Waals surface area contributed by atoms with Crippen molar-refractivity contribution in [1.29, 1.82) is 0 Å². The van der Waals surface area contributed by atoms with E-state index in [0.29, 0.717) is 17.1 Å². The number of ether oxygens (including phenoxy) is 2. The van der Waals surface area contributed by atoms with Crippen molar-refractivity contribution in [3.8, 4) is 11.5 Å². The van der Waals surface area contributed by atoms with Crippen LogP contribution in [-0.4, -0.2) is 32.1 Å². The lowest BCUT2D eigenvalue weighted by Gasteiger charge is -2.25. The second kappa shape index (κ2) is 6.63. The van der Waals surface area contributed by atoms with Crippen LogP contribution in [0.15, 0.2) is 35.7 Å². The average Bonchev–Trinajstić information content (AvgIpc) is 3.06. The van der Waals surface area contributed by atoms with E-state index in [1.165, 1.54) is 7.11 Å². The number of thiophene rings is 1. The smallest absolute Gasteiger partial charge is 0.258 e. The van der Waals surface area contributed by atoms with Gasteiger partial charge >= 0.3 is 0 Å². The van der Waals surface area contributed by atoms with Crippen molar-refractivity contribution >= 4 is 17.2 Å². The molecule has 1 aromatic carbocycles. The molecule has 1 atom stereocenters. The van der Waals surface area contributed by atoms with Crippen LogP contribution in [0.2, 0.25) is 0 Å². The third-order valence-electron chi connectivity index (χ3n) is 3.49. The summed E-state index contributed by atoms with van der Waals surface area (Å²) in [6.07, 6.45) is 0. The highest BCUT2D eigenvalue weighted by molar-refractivity contribution is 7.10. The maximum atomic E-state index is 12.7. The molecule has 1 amide bonds. The first kappa shape index (κ1) is 15.4. The molecule has 0 spiro atoms. The topological polar surface area (TPSA) is 38.8 Å². The monoisotopic (exact) mass is 305 g/mol. The molecule has 21 heavy (non-hydrogen) atoms. The van der Waals surface area contributed by atoms with Crippen molar-refractivity contribution in [3.63, 3.8) is 0 Å². The maximum absolute atomic E-state index is 12.7. The van der Waals surface area contributed by atoms with Crippen LogP contribution in [-0.2, 0) is 0 Å². The van der Waals surface area contributed by atoms with Crippen molar-refractivity contribution in [2.75, 3.05) is 21.3 Å². The van der Waals surface area contributed by atoms with Crippen LogP contribution in [0.3, 0.4) is 0 Å². The Morgan fingerprint density at radius 2 is 1.95 bits per heavy atom. The molecular weight excluding hydrogens is 286 g/mol. The van der Waals surface area contributed by atoms with Crippen molar-refractivity contribution in [2.24, 2.45) is 0 Å². The zero-order valence-electron chi connectivity index (χ0n) is 12.6. The molecule has 112 valence electrons. The Labute approximate surface area is 128 Å². The molecule has 0 saturated heterocycles. The lowest BCUT2D eigenvalue weighted by atomic mass is 10.1. The van der Waals surface area contributed by atoms with E-state index in [1.54, 1.807) is 48.6 Å². The van der Waals surface area contributed by atoms with Crippen molar-refractivity contribution in [2.45, 2.75) is 13.0 Å². The molecule has 0 fully saturated rings. The SMILES string of the molecule is COc1cccc(C(=O)N(C)C(C)c2cccs2)c1OC. The van der Waals surface area contributed by atoms with Gasteiger partial charge in [0, 0.05) is 11.9 Å². The number of carbonyl (C=O) groups excluding carboxylic acids is 1. The van der Waals surface area contributed by atoms with E-state index < -0.39 is 0 Å². The van der Waals surface area contributed by atoms with Gasteiger partial charge in [-0.15, -0.1) is 11.3 Å². The highest BCUT2D eigenvalue weighted by Gasteiger charge is 2.23. The van der Waals surface area contributed by atoms with Gasteiger partial charge in [-0.1, -0.05) is 12.1 Å². The second-order valence-corrected chi connectivity index (χ2v) is 5.63. The minimum absolute atomic E-state index is 0.00778. The van der Waals surface area contributed by atoms with Crippen molar-refractivity contribution in [3.05, 3.63) is 46.2 Å². The van der Waals surface area contributed by atoms with Gasteiger partial charge in [-0.05, 0) is 30.5 Å². The summed E-state index contributed by atoms with van der Waals surface area (Å²) in [7, 11) is 4.90. The van der Waals surface area contributed by atoms with E-state index in [9.17, 15) is 4.79 Å². The van der Waals surface area contributed by atoms with Gasteiger partial charge in [-0.25, -0.2) is 0 Å². The number of hydrogen-bond donors (Lipinski definition) is 0. The van der Waals surface area contributed by atoms with Crippen LogP contribution in [0, 0.1) is 0 Å². The lowest BCUT2D eigenvalue weighted by Crippen LogP contribution is -2.29. The molecule has 1 aromatic heterocycles. The van der Waals surface area contributed by atoms with Crippen LogP contribution >= 0.6 is 11.3 Å². The van der Waals surface area contributed by atoms with E-state index in [2.05, 4.69) is 0 Å². The van der Waals surface area contributed by atoms with Gasteiger partial charge in [0.25, 0.3) is 5.91 Å². The number of nitrogens with zero attached hydrogens (tertiary/aromatic N) is 1. The van der Waals surface area contributed by atoms with Crippen LogP contribution in [0.1, 0.15) is 28.2 Å². The molecule has 5 heteroatoms. The summed E-state index contributed by atoms with van der Waals surface area (Å²) in [5.41, 5.74) is 0.503. The van der Waals surface area contributed by atoms with Gasteiger partial charge in [-0.2, -0.15) is 0 Å². The number of hydrogen-bond acceptors (Lipinski definition) is 4. The summed E-state index contributed by atoms with van der Waals surface area (Å²) in [5.74, 6) is 0.933. The normalized spacial score (nSPS) is 11.8. The molecule has 1 heterocycles. The summed E-state index contributed by atoms with van der Waals surface area (Å²) in [6, 6.07) is 9.34. The van der Waals surface area contributed by atoms with Gasteiger partial charge in [0.2, 0.25) is 0 Å². The number of para-hydroxylation sites is 1. The molecule has 0 N–H and O–H groups in total. The van der Waals surface area contributed by atoms with E-state index in [0.717, 1.165) is 4.88 Å². The zero-order chi connectivity index (χ0) is 15.4. The fourth-order valence-corrected chi connectivity index (χ4v) is 2.97. The van der Waals surface area contributed by atoms with E-state index in [-0.39, 0.29) is 11.9 Å². The Morgan fingerprint density at radius 3 is 2.52 bits per heavy atom. The standard InChI is InChI=1S/C16H19NO3S/c1-11(14-9-6-10-21-14)17(2)16(18)12-7-5-8-13(19-3)15(12)20-4/h5-11H,1-4H3. The first-order valence-electron chi connectivity index (χ1n) is 6.61. The Bertz CT molecular complexity index is 610. The van der Waals surface area contributed by atoms with Gasteiger partial charge in [0.15, 0.2) is 11.5 Å². The fraction of sp³-hybridized carbons (Fsp3) is 0.312. The quantitative estimate of drug-likeness (QED) is 0.847. The van der Waals surface area contributed by atoms with E-state index >= 15 is 0 Å². The van der Waals surface area contributed by atoms with E-state index in [4.69, 9.17) is 9.47 Å². The Balaban J connectivity index is 2.31. The third kappa shape index (κ3) is 3.03. The molecular formula is C16H19NO3S. The fourth-order valence-electron chi connectivity index (χ4n) is 2.14. The van der Waals surface area contributed by atoms with Crippen molar-refractivity contribution in [1.82, 2.24) is 4.90 Å². The zero-order valence-corrected chi connectivity index (χ0v) is 13.4. The molecule has 2 aromatic rings. The van der Waals surface area contributed by atoms with Crippen LogP contribution < -0.4 is 9.47 Å². The highest BCUT2D eigenvalue weighted by Crippen LogP contribution is 2.33. The molecule has 0 aliphatic carbocycles. The lowest BCUT2D eigenvalue weighted by molar-refractivity contribution is 0.0741. The predicted molar refractivity (Wildman–Crippen MR) is 84.4 cm³/mol. The molecule has 0 bridgehead atoms. The van der Waals surface area contributed by atoms with Gasteiger partial charge in [-0.3, -0.25) is 4.79 Å². The van der Waals surface area contributed by atoms with Gasteiger partial charge in [0.1, 0.15) is 0 Å². The predicted octanol–water partition coefficient (Wildman–Crippen LogP) is 3.60. The summed E-state index contributed by atoms with van der Waals surface area (Å²) in [6.45, 7) is 2.01. The molecule has 2 rings (SSSR count). The molecule has 1 unspecified atom stereocenters. The minimum atomic E-state index is -0.0911. The summed E-state index contributed by atoms with van der Waals surface area (Å²) >= 11 is 1.64. The third-order valence-corrected chi connectivity index (χ3v) is 4.53. The number of rotatable bonds is 5. The number of benzene rings is 1. The Hall–Kier alpha value is -2.01. The van der Waals surface area contributed by atoms with Gasteiger partial charge < -0.3 is 14.4 Å².